The molecule has 0 atom stereocenters. The summed E-state index contributed by atoms with van der Waals surface area (Å²) in [4.78, 5) is 28.9. The van der Waals surface area contributed by atoms with Crippen LogP contribution in [0.2, 0.25) is 0 Å². The monoisotopic (exact) mass is 433 g/mol. The number of nitrogens with zero attached hydrogens (tertiary/aromatic N) is 3. The Morgan fingerprint density at radius 3 is 2.81 bits per heavy atom. The lowest BCUT2D eigenvalue weighted by molar-refractivity contribution is -0.145. The fraction of sp³-hybridized carbons (Fsp3) is 0.217. The molecule has 2 aromatic carbocycles. The molecular formula is C23H19N3O6. The number of hydrogen-bond acceptors (Lipinski definition) is 8. The molecule has 0 fully saturated rings. The average Bonchev–Trinajstić information content (AvgIpc) is 3.31. The van der Waals surface area contributed by atoms with Gasteiger partial charge >= 0.3 is 5.97 Å². The molecule has 0 bridgehead atoms. The van der Waals surface area contributed by atoms with Crippen LogP contribution >= 0.6 is 0 Å². The van der Waals surface area contributed by atoms with Crippen LogP contribution in [0.3, 0.4) is 0 Å². The van der Waals surface area contributed by atoms with E-state index < -0.39 is 5.97 Å². The van der Waals surface area contributed by atoms with E-state index in [-0.39, 0.29) is 25.1 Å². The van der Waals surface area contributed by atoms with Crippen molar-refractivity contribution in [2.24, 2.45) is 0 Å². The van der Waals surface area contributed by atoms with Gasteiger partial charge in [0.25, 0.3) is 5.56 Å². The number of carbonyl (C=O) groups excluding carboxylic acids is 1. The van der Waals surface area contributed by atoms with Gasteiger partial charge in [-0.1, -0.05) is 17.3 Å². The highest BCUT2D eigenvalue weighted by atomic mass is 16.6. The second-order valence-corrected chi connectivity index (χ2v) is 7.21. The molecule has 9 nitrogen and oxygen atoms in total. The van der Waals surface area contributed by atoms with Crippen molar-refractivity contribution in [1.82, 2.24) is 14.7 Å². The van der Waals surface area contributed by atoms with Crippen molar-refractivity contribution in [3.63, 3.8) is 0 Å². The normalized spacial score (nSPS) is 12.6. The second-order valence-electron chi connectivity index (χ2n) is 7.21. The van der Waals surface area contributed by atoms with E-state index >= 15 is 0 Å². The second kappa shape index (κ2) is 8.54. The highest BCUT2D eigenvalue weighted by molar-refractivity contribution is 5.77. The van der Waals surface area contributed by atoms with Gasteiger partial charge < -0.3 is 18.7 Å². The van der Waals surface area contributed by atoms with Crippen LogP contribution in [0, 0.1) is 0 Å². The summed E-state index contributed by atoms with van der Waals surface area (Å²) in [6.45, 7) is 1.17. The first-order chi connectivity index (χ1) is 15.7. The van der Waals surface area contributed by atoms with Crippen molar-refractivity contribution in [3.05, 3.63) is 70.9 Å². The highest BCUT2D eigenvalue weighted by Gasteiger charge is 2.15. The van der Waals surface area contributed by atoms with Crippen LogP contribution in [0.15, 0.2) is 64.2 Å². The molecule has 1 aliphatic heterocycles. The smallest absolute Gasteiger partial charge is 0.307 e. The number of aromatic nitrogens is 3. The van der Waals surface area contributed by atoms with Gasteiger partial charge in [0.2, 0.25) is 0 Å². The van der Waals surface area contributed by atoms with Gasteiger partial charge in [0.05, 0.1) is 23.7 Å². The third-order valence-electron chi connectivity index (χ3n) is 5.06. The first kappa shape index (κ1) is 19.8. The number of esters is 1. The van der Waals surface area contributed by atoms with Crippen LogP contribution in [-0.2, 0) is 22.7 Å². The maximum atomic E-state index is 12.5. The number of benzene rings is 2. The molecule has 0 saturated heterocycles. The van der Waals surface area contributed by atoms with Crippen LogP contribution in [0.1, 0.15) is 12.1 Å². The number of rotatable bonds is 6. The standard InChI is InChI=1S/C23H19N3O6/c27-22(7-8-26-14-24-18-4-2-1-3-17(18)23(26)28)31-13-16-12-20(32-25-16)15-5-6-19-21(11-15)30-10-9-29-19/h1-6,11-12,14H,7-10,13H2. The molecule has 4 aromatic rings. The molecule has 2 aromatic heterocycles. The third-order valence-corrected chi connectivity index (χ3v) is 5.06. The third kappa shape index (κ3) is 4.04. The Morgan fingerprint density at radius 1 is 1.06 bits per heavy atom. The molecule has 9 heteroatoms. The lowest BCUT2D eigenvalue weighted by Gasteiger charge is -2.18. The summed E-state index contributed by atoms with van der Waals surface area (Å²) in [7, 11) is 0. The number of carbonyl (C=O) groups is 1. The van der Waals surface area contributed by atoms with Crippen LogP contribution < -0.4 is 15.0 Å². The number of para-hydroxylation sites is 1. The molecule has 0 aliphatic carbocycles. The van der Waals surface area contributed by atoms with E-state index in [0.29, 0.717) is 47.1 Å². The van der Waals surface area contributed by atoms with Gasteiger partial charge in [-0.3, -0.25) is 14.2 Å². The summed E-state index contributed by atoms with van der Waals surface area (Å²) < 4.78 is 23.1. The van der Waals surface area contributed by atoms with Crippen molar-refractivity contribution in [2.75, 3.05) is 13.2 Å². The van der Waals surface area contributed by atoms with Gasteiger partial charge in [0.15, 0.2) is 17.3 Å². The van der Waals surface area contributed by atoms with E-state index in [2.05, 4.69) is 10.1 Å². The first-order valence-corrected chi connectivity index (χ1v) is 10.1. The predicted molar refractivity (Wildman–Crippen MR) is 113 cm³/mol. The fourth-order valence-corrected chi connectivity index (χ4v) is 3.42. The topological polar surface area (TPSA) is 106 Å². The summed E-state index contributed by atoms with van der Waals surface area (Å²) in [5.74, 6) is 1.42. The van der Waals surface area contributed by atoms with E-state index in [0.717, 1.165) is 5.56 Å². The number of fused-ring (bicyclic) bond motifs is 2. The molecular weight excluding hydrogens is 414 g/mol. The molecule has 0 saturated carbocycles. The molecule has 0 N–H and O–H groups in total. The quantitative estimate of drug-likeness (QED) is 0.427. The van der Waals surface area contributed by atoms with Gasteiger partial charge in [-0.05, 0) is 30.3 Å². The maximum absolute atomic E-state index is 12.5. The van der Waals surface area contributed by atoms with Gasteiger partial charge in [0.1, 0.15) is 25.5 Å². The minimum Gasteiger partial charge on any atom is -0.486 e. The SMILES string of the molecule is O=C(CCn1cnc2ccccc2c1=O)OCc1cc(-c2ccc3c(c2)OCCO3)on1. The molecule has 1 aliphatic rings. The Hall–Kier alpha value is -4.14. The maximum Gasteiger partial charge on any atom is 0.307 e. The fourth-order valence-electron chi connectivity index (χ4n) is 3.42. The minimum atomic E-state index is -0.450. The van der Waals surface area contributed by atoms with E-state index in [1.165, 1.54) is 10.9 Å². The first-order valence-electron chi connectivity index (χ1n) is 10.1. The molecule has 5 rings (SSSR count). The lowest BCUT2D eigenvalue weighted by atomic mass is 10.1. The molecule has 0 unspecified atom stereocenters. The summed E-state index contributed by atoms with van der Waals surface area (Å²) in [6, 6.07) is 14.3. The molecule has 3 heterocycles. The van der Waals surface area contributed by atoms with Crippen molar-refractivity contribution in [1.29, 1.82) is 0 Å². The molecule has 32 heavy (non-hydrogen) atoms. The Morgan fingerprint density at radius 2 is 1.91 bits per heavy atom. The minimum absolute atomic E-state index is 0.0300. The molecule has 0 spiro atoms. The zero-order chi connectivity index (χ0) is 21.9. The predicted octanol–water partition coefficient (Wildman–Crippen LogP) is 2.96. The summed E-state index contributed by atoms with van der Waals surface area (Å²) >= 11 is 0. The van der Waals surface area contributed by atoms with Crippen LogP contribution in [0.4, 0.5) is 0 Å². The number of hydrogen-bond donors (Lipinski definition) is 0. The van der Waals surface area contributed by atoms with Gasteiger partial charge in [-0.15, -0.1) is 0 Å². The largest absolute Gasteiger partial charge is 0.486 e. The zero-order valence-electron chi connectivity index (χ0n) is 17.0. The van der Waals surface area contributed by atoms with E-state index in [1.807, 2.05) is 24.3 Å². The van der Waals surface area contributed by atoms with Crippen LogP contribution in [0.25, 0.3) is 22.2 Å². The van der Waals surface area contributed by atoms with E-state index in [1.54, 1.807) is 24.3 Å². The Bertz CT molecular complexity index is 1340. The number of ether oxygens (including phenoxy) is 3. The Balaban J connectivity index is 1.18. The molecule has 162 valence electrons. The number of aryl methyl sites for hydroxylation is 1. The van der Waals surface area contributed by atoms with Gasteiger partial charge in [-0.25, -0.2) is 4.98 Å². The van der Waals surface area contributed by atoms with Crippen molar-refractivity contribution < 1.29 is 23.5 Å². The Labute approximate surface area is 182 Å². The van der Waals surface area contributed by atoms with Crippen molar-refractivity contribution in [3.8, 4) is 22.8 Å². The summed E-state index contributed by atoms with van der Waals surface area (Å²) in [5, 5.41) is 4.47. The molecule has 0 radical (unpaired) electrons. The van der Waals surface area contributed by atoms with E-state index in [9.17, 15) is 9.59 Å². The summed E-state index contributed by atoms with van der Waals surface area (Å²) in [6.07, 6.45) is 1.47. The van der Waals surface area contributed by atoms with Crippen molar-refractivity contribution in [2.45, 2.75) is 19.6 Å². The summed E-state index contributed by atoms with van der Waals surface area (Å²) in [5.41, 5.74) is 1.69. The lowest BCUT2D eigenvalue weighted by Crippen LogP contribution is -2.22. The van der Waals surface area contributed by atoms with Gasteiger partial charge in [-0.2, -0.15) is 0 Å². The average molecular weight is 433 g/mol. The van der Waals surface area contributed by atoms with Crippen molar-refractivity contribution >= 4 is 16.9 Å². The van der Waals surface area contributed by atoms with Crippen LogP contribution in [0.5, 0.6) is 11.5 Å². The Kier molecular flexibility index (Phi) is 5.29. The highest BCUT2D eigenvalue weighted by Crippen LogP contribution is 2.34. The zero-order valence-corrected chi connectivity index (χ0v) is 17.0. The van der Waals surface area contributed by atoms with Crippen LogP contribution in [-0.4, -0.2) is 33.9 Å². The van der Waals surface area contributed by atoms with E-state index in [4.69, 9.17) is 18.7 Å². The van der Waals surface area contributed by atoms with Gasteiger partial charge in [0, 0.05) is 18.2 Å². The molecule has 0 amide bonds.